The van der Waals surface area contributed by atoms with E-state index >= 15 is 0 Å². The number of carbonyl (C=O) groups excluding carboxylic acids is 3. The van der Waals surface area contributed by atoms with Crippen LogP contribution in [0.3, 0.4) is 0 Å². The smallest absolute Gasteiger partial charge is 0.321 e. The van der Waals surface area contributed by atoms with E-state index < -0.39 is 18.0 Å². The summed E-state index contributed by atoms with van der Waals surface area (Å²) in [4.78, 5) is 37.9. The topological polar surface area (TPSA) is 108 Å². The van der Waals surface area contributed by atoms with Gasteiger partial charge in [-0.3, -0.25) is 19.6 Å². The highest BCUT2D eigenvalue weighted by Gasteiger charge is 2.48. The van der Waals surface area contributed by atoms with Crippen molar-refractivity contribution < 1.29 is 14.4 Å². The Hall–Kier alpha value is -2.42. The number of nitrogens with zero attached hydrogens (tertiary/aromatic N) is 3. The van der Waals surface area contributed by atoms with Crippen molar-refractivity contribution in [3.05, 3.63) is 18.0 Å². The van der Waals surface area contributed by atoms with Crippen molar-refractivity contribution in [2.45, 2.75) is 50.4 Å². The largest absolute Gasteiger partial charge is 0.341 e. The molecule has 2 fully saturated rings. The third-order valence-corrected chi connectivity index (χ3v) is 4.79. The molecule has 2 heterocycles. The third kappa shape index (κ3) is 3.51. The van der Waals surface area contributed by atoms with Gasteiger partial charge in [-0.05, 0) is 25.8 Å². The van der Waals surface area contributed by atoms with Crippen molar-refractivity contribution in [2.24, 2.45) is 7.05 Å². The van der Waals surface area contributed by atoms with E-state index in [2.05, 4.69) is 21.0 Å². The van der Waals surface area contributed by atoms with Crippen LogP contribution in [0.4, 0.5) is 4.79 Å². The van der Waals surface area contributed by atoms with Gasteiger partial charge in [-0.1, -0.05) is 0 Å². The third-order valence-electron chi connectivity index (χ3n) is 4.79. The van der Waals surface area contributed by atoms with Crippen molar-refractivity contribution >= 4 is 17.8 Å². The summed E-state index contributed by atoms with van der Waals surface area (Å²) in [5.74, 6) is -0.342. The van der Waals surface area contributed by atoms with Crippen LogP contribution >= 0.6 is 0 Å². The Morgan fingerprint density at radius 2 is 2.08 bits per heavy atom. The molecule has 136 valence electrons. The summed E-state index contributed by atoms with van der Waals surface area (Å²) < 4.78 is 1.77. The van der Waals surface area contributed by atoms with Crippen LogP contribution in [0.25, 0.3) is 0 Å². The Morgan fingerprint density at radius 3 is 2.64 bits per heavy atom. The molecule has 3 N–H and O–H groups in total. The van der Waals surface area contributed by atoms with Gasteiger partial charge in [0.15, 0.2) is 0 Å². The van der Waals surface area contributed by atoms with Crippen molar-refractivity contribution in [3.8, 4) is 0 Å². The maximum atomic E-state index is 12.6. The molecule has 1 aliphatic heterocycles. The van der Waals surface area contributed by atoms with E-state index in [1.807, 2.05) is 18.0 Å². The van der Waals surface area contributed by atoms with Crippen LogP contribution < -0.4 is 16.0 Å². The maximum absolute atomic E-state index is 12.6. The van der Waals surface area contributed by atoms with Crippen LogP contribution in [-0.2, 0) is 16.6 Å². The van der Waals surface area contributed by atoms with Gasteiger partial charge in [0.1, 0.15) is 0 Å². The molecule has 25 heavy (non-hydrogen) atoms. The zero-order valence-electron chi connectivity index (χ0n) is 14.7. The number of likely N-dealkylation sites (tertiary alicyclic amines) is 1. The minimum Gasteiger partial charge on any atom is -0.341 e. The zero-order chi connectivity index (χ0) is 18.1. The molecule has 4 amide bonds. The fourth-order valence-corrected chi connectivity index (χ4v) is 3.39. The molecule has 1 saturated carbocycles. The number of nitrogens with one attached hydrogen (secondary N) is 3. The molecule has 2 aliphatic rings. The maximum Gasteiger partial charge on any atom is 0.321 e. The number of aromatic nitrogens is 2. The van der Waals surface area contributed by atoms with E-state index in [-0.39, 0.29) is 24.0 Å². The summed E-state index contributed by atoms with van der Waals surface area (Å²) in [6.07, 6.45) is 4.06. The van der Waals surface area contributed by atoms with Gasteiger partial charge in [-0.25, -0.2) is 4.79 Å². The van der Waals surface area contributed by atoms with Gasteiger partial charge >= 0.3 is 6.03 Å². The number of aryl methyl sites for hydroxylation is 1. The quantitative estimate of drug-likeness (QED) is 0.674. The number of hydrogen-bond donors (Lipinski definition) is 3. The number of amides is 4. The first-order valence-corrected chi connectivity index (χ1v) is 8.50. The van der Waals surface area contributed by atoms with Gasteiger partial charge < -0.3 is 15.5 Å². The second kappa shape index (κ2) is 6.83. The molecule has 1 unspecified atom stereocenters. The van der Waals surface area contributed by atoms with E-state index in [1.165, 1.54) is 7.05 Å². The standard InChI is InChI=1S/C16H24N6O3/c1-9(15(24)20-16(25)17-2)19-11-8-13(23)22(10-4-5-10)14(11)12-6-7-18-21(12)3/h6-7,9-11,14,19H,4-5,8H2,1-3H3,(H2,17,20,24,25)/t9?,11-,14-/m1/s1. The van der Waals surface area contributed by atoms with Gasteiger partial charge in [0.25, 0.3) is 0 Å². The average molecular weight is 348 g/mol. The number of hydrogen-bond acceptors (Lipinski definition) is 5. The molecule has 1 aromatic rings. The van der Waals surface area contributed by atoms with E-state index in [1.54, 1.807) is 17.8 Å². The molecular weight excluding hydrogens is 324 g/mol. The summed E-state index contributed by atoms with van der Waals surface area (Å²) >= 11 is 0. The van der Waals surface area contributed by atoms with Gasteiger partial charge in [0.2, 0.25) is 11.8 Å². The minimum absolute atomic E-state index is 0.0881. The van der Waals surface area contributed by atoms with Crippen molar-refractivity contribution in [2.75, 3.05) is 7.05 Å². The molecule has 0 radical (unpaired) electrons. The molecule has 3 atom stereocenters. The highest BCUT2D eigenvalue weighted by Crippen LogP contribution is 2.41. The summed E-state index contributed by atoms with van der Waals surface area (Å²) in [5.41, 5.74) is 0.939. The van der Waals surface area contributed by atoms with Crippen LogP contribution in [-0.4, -0.2) is 57.7 Å². The Labute approximate surface area is 146 Å². The lowest BCUT2D eigenvalue weighted by atomic mass is 10.0. The minimum atomic E-state index is -0.606. The van der Waals surface area contributed by atoms with Gasteiger partial charge in [0.05, 0.1) is 17.8 Å². The molecule has 3 rings (SSSR count). The number of rotatable bonds is 5. The van der Waals surface area contributed by atoms with Crippen LogP contribution in [0.5, 0.6) is 0 Å². The summed E-state index contributed by atoms with van der Waals surface area (Å²) in [7, 11) is 3.30. The molecule has 0 spiro atoms. The molecule has 9 heteroatoms. The van der Waals surface area contributed by atoms with Crippen LogP contribution in [0, 0.1) is 0 Å². The second-order valence-corrected chi connectivity index (χ2v) is 6.62. The number of imide groups is 1. The van der Waals surface area contributed by atoms with E-state index in [9.17, 15) is 14.4 Å². The highest BCUT2D eigenvalue weighted by molar-refractivity contribution is 5.96. The van der Waals surface area contributed by atoms with Crippen LogP contribution in [0.2, 0.25) is 0 Å². The molecule has 0 bridgehead atoms. The van der Waals surface area contributed by atoms with Gasteiger partial charge in [0, 0.05) is 38.8 Å². The predicted molar refractivity (Wildman–Crippen MR) is 89.4 cm³/mol. The SMILES string of the molecule is CNC(=O)NC(=O)C(C)N[C@@H]1CC(=O)N(C2CC2)[C@H]1c1ccnn1C. The average Bonchev–Trinajstić information content (AvgIpc) is 3.24. The Kier molecular flexibility index (Phi) is 4.76. The fourth-order valence-electron chi connectivity index (χ4n) is 3.39. The molecular formula is C16H24N6O3. The first kappa shape index (κ1) is 17.4. The summed E-state index contributed by atoms with van der Waals surface area (Å²) in [5, 5.41) is 12.0. The zero-order valence-corrected chi connectivity index (χ0v) is 14.7. The lowest BCUT2D eigenvalue weighted by Crippen LogP contribution is -2.51. The second-order valence-electron chi connectivity index (χ2n) is 6.62. The first-order chi connectivity index (χ1) is 11.9. The number of urea groups is 1. The fraction of sp³-hybridized carbons (Fsp3) is 0.625. The lowest BCUT2D eigenvalue weighted by molar-refractivity contribution is -0.129. The van der Waals surface area contributed by atoms with Crippen molar-refractivity contribution in [3.63, 3.8) is 0 Å². The molecule has 1 aromatic heterocycles. The number of carbonyl (C=O) groups is 3. The molecule has 1 aliphatic carbocycles. The van der Waals surface area contributed by atoms with E-state index in [0.717, 1.165) is 18.5 Å². The summed E-state index contributed by atoms with van der Waals surface area (Å²) in [6.45, 7) is 1.68. The molecule has 9 nitrogen and oxygen atoms in total. The van der Waals surface area contributed by atoms with Crippen LogP contribution in [0.15, 0.2) is 12.3 Å². The monoisotopic (exact) mass is 348 g/mol. The summed E-state index contributed by atoms with van der Waals surface area (Å²) in [6, 6.07) is 0.641. The predicted octanol–water partition coefficient (Wildman–Crippen LogP) is -0.342. The Balaban J connectivity index is 1.77. The van der Waals surface area contributed by atoms with Crippen molar-refractivity contribution in [1.82, 2.24) is 30.6 Å². The van der Waals surface area contributed by atoms with E-state index in [0.29, 0.717) is 6.42 Å². The lowest BCUT2D eigenvalue weighted by Gasteiger charge is -2.30. The van der Waals surface area contributed by atoms with Crippen LogP contribution in [0.1, 0.15) is 37.9 Å². The van der Waals surface area contributed by atoms with Gasteiger partial charge in [-0.2, -0.15) is 5.10 Å². The Bertz CT molecular complexity index is 683. The molecule has 1 saturated heterocycles. The molecule has 0 aromatic carbocycles. The van der Waals surface area contributed by atoms with Gasteiger partial charge in [-0.15, -0.1) is 0 Å². The Morgan fingerprint density at radius 1 is 1.36 bits per heavy atom. The van der Waals surface area contributed by atoms with Crippen molar-refractivity contribution in [1.29, 1.82) is 0 Å². The normalized spacial score (nSPS) is 24.3. The first-order valence-electron chi connectivity index (χ1n) is 8.50. The highest BCUT2D eigenvalue weighted by atomic mass is 16.2. The van der Waals surface area contributed by atoms with E-state index in [4.69, 9.17) is 0 Å².